The predicted octanol–water partition coefficient (Wildman–Crippen LogP) is 5.33. The van der Waals surface area contributed by atoms with Crippen LogP contribution in [0.4, 0.5) is 0 Å². The highest BCUT2D eigenvalue weighted by atomic mass is 16.4. The third-order valence-corrected chi connectivity index (χ3v) is 2.88. The molecule has 0 aliphatic heterocycles. The Morgan fingerprint density at radius 3 is 1.26 bits per heavy atom. The van der Waals surface area contributed by atoms with E-state index < -0.39 is 0 Å². The summed E-state index contributed by atoms with van der Waals surface area (Å²) in [7, 11) is 3.25. The van der Waals surface area contributed by atoms with Gasteiger partial charge in [-0.25, -0.2) is 0 Å². The molecule has 0 radical (unpaired) electrons. The van der Waals surface area contributed by atoms with Crippen molar-refractivity contribution >= 4 is 6.79 Å². The van der Waals surface area contributed by atoms with Crippen LogP contribution in [-0.2, 0) is 16.0 Å². The minimum Gasteiger partial charge on any atom is -0.388 e. The second kappa shape index (κ2) is 16.4. The molecule has 0 unspecified atom stereocenters. The van der Waals surface area contributed by atoms with Gasteiger partial charge in [0.25, 0.3) is 0 Å². The van der Waals surface area contributed by atoms with Gasteiger partial charge in [-0.15, -0.1) is 0 Å². The number of carbonyl (C=O) groups is 1. The number of ether oxygens (including phenoxy) is 1. The molecule has 2 aromatic carbocycles. The Kier molecular flexibility index (Phi) is 16.7. The maximum absolute atomic E-state index is 8.00. The first-order valence-electron chi connectivity index (χ1n) is 7.81. The van der Waals surface area contributed by atoms with Crippen molar-refractivity contribution in [2.45, 2.75) is 40.5 Å². The average Bonchev–Trinajstić information content (AvgIpc) is 2.56. The van der Waals surface area contributed by atoms with Crippen LogP contribution in [0.2, 0.25) is 0 Å². The molecule has 23 heavy (non-hydrogen) atoms. The number of carbonyl (C=O) groups excluding carboxylic acids is 1. The molecule has 2 nitrogen and oxygen atoms in total. The van der Waals surface area contributed by atoms with Crippen LogP contribution < -0.4 is 0 Å². The average molecular weight is 316 g/mol. The zero-order chi connectivity index (χ0) is 18.1. The molecule has 0 N–H and O–H groups in total. The highest BCUT2D eigenvalue weighted by Crippen LogP contribution is 2.04. The molecule has 0 saturated carbocycles. The van der Waals surface area contributed by atoms with Gasteiger partial charge in [-0.05, 0) is 32.8 Å². The topological polar surface area (TPSA) is 26.3 Å². The smallest absolute Gasteiger partial charge is 0.106 e. The monoisotopic (exact) mass is 316 g/mol. The summed E-state index contributed by atoms with van der Waals surface area (Å²) in [5.41, 5.74) is 5.46. The van der Waals surface area contributed by atoms with E-state index in [0.29, 0.717) is 0 Å². The number of methoxy groups -OCH3 is 1. The molecule has 0 heterocycles. The lowest BCUT2D eigenvalue weighted by Gasteiger charge is -1.97. The highest BCUT2D eigenvalue weighted by Gasteiger charge is 1.88. The van der Waals surface area contributed by atoms with Crippen LogP contribution in [-0.4, -0.2) is 21.0 Å². The number of hydrogen-bond acceptors (Lipinski definition) is 2. The lowest BCUT2D eigenvalue weighted by Crippen LogP contribution is -1.81. The molecule has 0 amide bonds. The highest BCUT2D eigenvalue weighted by molar-refractivity contribution is 5.21. The zero-order valence-electron chi connectivity index (χ0n) is 15.6. The third-order valence-electron chi connectivity index (χ3n) is 2.88. The van der Waals surface area contributed by atoms with Gasteiger partial charge in [-0.3, -0.25) is 0 Å². The van der Waals surface area contributed by atoms with Gasteiger partial charge in [0.1, 0.15) is 6.79 Å². The minimum atomic E-state index is 1.21. The number of rotatable bonds is 2. The van der Waals surface area contributed by atoms with Crippen LogP contribution >= 0.6 is 0 Å². The number of benzene rings is 2. The van der Waals surface area contributed by atoms with E-state index >= 15 is 0 Å². The van der Waals surface area contributed by atoms with Crippen molar-refractivity contribution in [2.24, 2.45) is 0 Å². The molecule has 0 fully saturated rings. The van der Waals surface area contributed by atoms with Crippen molar-refractivity contribution in [3.05, 3.63) is 70.8 Å². The van der Waals surface area contributed by atoms with E-state index in [-0.39, 0.29) is 0 Å². The van der Waals surface area contributed by atoms with Gasteiger partial charge < -0.3 is 9.53 Å². The Hall–Kier alpha value is -1.93. The third kappa shape index (κ3) is 14.8. The zero-order valence-corrected chi connectivity index (χ0v) is 15.6. The maximum Gasteiger partial charge on any atom is 0.106 e. The Balaban J connectivity index is 0. The van der Waals surface area contributed by atoms with Crippen molar-refractivity contribution in [1.82, 2.24) is 0 Å². The van der Waals surface area contributed by atoms with E-state index in [9.17, 15) is 0 Å². The molecule has 0 aliphatic carbocycles. The first-order valence-corrected chi connectivity index (χ1v) is 7.81. The molecule has 2 heteroatoms. The molecule has 0 saturated heterocycles. The summed E-state index contributed by atoms with van der Waals surface area (Å²) in [6.07, 6.45) is 2.45. The first kappa shape index (κ1) is 23.3. The van der Waals surface area contributed by atoms with Crippen LogP contribution in [0.15, 0.2) is 48.5 Å². The van der Waals surface area contributed by atoms with Gasteiger partial charge in [0.15, 0.2) is 0 Å². The Bertz CT molecular complexity index is 451. The maximum atomic E-state index is 8.00. The predicted molar refractivity (Wildman–Crippen MR) is 101 cm³/mol. The molecule has 0 aliphatic rings. The number of hydrogen-bond donors (Lipinski definition) is 0. The standard InChI is InChI=1S/C10H14.C8H10.C2H6O.CH2O/c1-3-4-10-7-5-9(2)6-8-10;1-7-3-5-8(2)6-4-7;1-3-2;1-2/h5-8H,3-4H2,1-2H3;3-6H,1-2H3;1-2H3;1H2. The lowest BCUT2D eigenvalue weighted by molar-refractivity contribution is -0.0979. The molecular formula is C21H32O2. The summed E-state index contributed by atoms with van der Waals surface area (Å²) >= 11 is 0. The summed E-state index contributed by atoms with van der Waals surface area (Å²) in [4.78, 5) is 8.00. The van der Waals surface area contributed by atoms with Crippen LogP contribution in [0.1, 0.15) is 35.6 Å². The second-order valence-corrected chi connectivity index (χ2v) is 5.30. The minimum absolute atomic E-state index is 1.21. The van der Waals surface area contributed by atoms with Gasteiger partial charge in [0.05, 0.1) is 0 Å². The van der Waals surface area contributed by atoms with Crippen molar-refractivity contribution < 1.29 is 9.53 Å². The van der Waals surface area contributed by atoms with Crippen molar-refractivity contribution in [2.75, 3.05) is 14.2 Å². The summed E-state index contributed by atoms with van der Waals surface area (Å²) < 4.78 is 4.25. The Morgan fingerprint density at radius 1 is 0.739 bits per heavy atom. The van der Waals surface area contributed by atoms with E-state index in [4.69, 9.17) is 4.79 Å². The van der Waals surface area contributed by atoms with E-state index in [0.717, 1.165) is 0 Å². The molecule has 0 bridgehead atoms. The lowest BCUT2D eigenvalue weighted by atomic mass is 10.1. The molecule has 0 aromatic heterocycles. The second-order valence-electron chi connectivity index (χ2n) is 5.30. The largest absolute Gasteiger partial charge is 0.388 e. The van der Waals surface area contributed by atoms with E-state index in [1.807, 2.05) is 6.79 Å². The van der Waals surface area contributed by atoms with Gasteiger partial charge in [0.2, 0.25) is 0 Å². The van der Waals surface area contributed by atoms with E-state index in [2.05, 4.69) is 81.0 Å². The fourth-order valence-corrected chi connectivity index (χ4v) is 1.68. The molecule has 0 atom stereocenters. The number of aryl methyl sites for hydroxylation is 4. The van der Waals surface area contributed by atoms with Crippen LogP contribution in [0, 0.1) is 20.8 Å². The fourth-order valence-electron chi connectivity index (χ4n) is 1.68. The molecule has 2 aromatic rings. The van der Waals surface area contributed by atoms with Crippen LogP contribution in [0.3, 0.4) is 0 Å². The van der Waals surface area contributed by atoms with Gasteiger partial charge in [0, 0.05) is 14.2 Å². The van der Waals surface area contributed by atoms with Crippen LogP contribution in [0.25, 0.3) is 0 Å². The van der Waals surface area contributed by atoms with Crippen molar-refractivity contribution in [3.8, 4) is 0 Å². The van der Waals surface area contributed by atoms with Crippen LogP contribution in [0.5, 0.6) is 0 Å². The Morgan fingerprint density at radius 2 is 1.00 bits per heavy atom. The van der Waals surface area contributed by atoms with Gasteiger partial charge >= 0.3 is 0 Å². The van der Waals surface area contributed by atoms with Gasteiger partial charge in [-0.1, -0.05) is 78.6 Å². The van der Waals surface area contributed by atoms with Gasteiger partial charge in [-0.2, -0.15) is 0 Å². The van der Waals surface area contributed by atoms with E-state index in [1.165, 1.54) is 35.1 Å². The molecule has 0 spiro atoms. The Labute approximate surface area is 142 Å². The first-order chi connectivity index (χ1) is 11.0. The summed E-state index contributed by atoms with van der Waals surface area (Å²) in [5, 5.41) is 0. The molecule has 128 valence electrons. The van der Waals surface area contributed by atoms with E-state index in [1.54, 1.807) is 14.2 Å². The SMILES string of the molecule is C=O.CCCc1ccc(C)cc1.COC.Cc1ccc(C)cc1. The summed E-state index contributed by atoms with van der Waals surface area (Å²) in [6, 6.07) is 17.2. The quantitative estimate of drug-likeness (QED) is 0.748. The molecular weight excluding hydrogens is 284 g/mol. The molecule has 2 rings (SSSR count). The fraction of sp³-hybridized carbons (Fsp3) is 0.381. The normalized spacial score (nSPS) is 8.43. The van der Waals surface area contributed by atoms with Crippen molar-refractivity contribution in [3.63, 3.8) is 0 Å². The summed E-state index contributed by atoms with van der Waals surface area (Å²) in [6.45, 7) is 10.5. The summed E-state index contributed by atoms with van der Waals surface area (Å²) in [5.74, 6) is 0. The van der Waals surface area contributed by atoms with Crippen molar-refractivity contribution in [1.29, 1.82) is 0 Å².